The summed E-state index contributed by atoms with van der Waals surface area (Å²) in [7, 11) is 2.01. The number of likely N-dealkylation sites (tertiary alicyclic amines) is 1. The average molecular weight is 266 g/mol. The van der Waals surface area contributed by atoms with E-state index in [1.54, 1.807) is 0 Å². The quantitative estimate of drug-likeness (QED) is 0.848. The smallest absolute Gasteiger partial charge is 0.228 e. The van der Waals surface area contributed by atoms with E-state index in [0.717, 1.165) is 38.8 Å². The molecule has 3 nitrogen and oxygen atoms in total. The predicted molar refractivity (Wildman–Crippen MR) is 79.0 cm³/mol. The van der Waals surface area contributed by atoms with Gasteiger partial charge in [0, 0.05) is 24.5 Å². The zero-order valence-corrected chi connectivity index (χ0v) is 12.9. The van der Waals surface area contributed by atoms with Gasteiger partial charge in [-0.15, -0.1) is 0 Å². The van der Waals surface area contributed by atoms with Gasteiger partial charge < -0.3 is 10.2 Å². The molecule has 0 aromatic heterocycles. The van der Waals surface area contributed by atoms with Gasteiger partial charge in [0.05, 0.1) is 0 Å². The van der Waals surface area contributed by atoms with Crippen LogP contribution >= 0.6 is 0 Å². The van der Waals surface area contributed by atoms with Crippen molar-refractivity contribution in [2.45, 2.75) is 64.8 Å². The van der Waals surface area contributed by atoms with Crippen LogP contribution < -0.4 is 5.32 Å². The Morgan fingerprint density at radius 2 is 2.00 bits per heavy atom. The van der Waals surface area contributed by atoms with Crippen LogP contribution in [0.2, 0.25) is 0 Å². The molecule has 3 heteroatoms. The van der Waals surface area contributed by atoms with E-state index < -0.39 is 0 Å². The maximum atomic E-state index is 13.0. The Kier molecular flexibility index (Phi) is 4.88. The summed E-state index contributed by atoms with van der Waals surface area (Å²) in [5, 5.41) is 3.34. The van der Waals surface area contributed by atoms with Crippen molar-refractivity contribution in [3.8, 4) is 0 Å². The maximum Gasteiger partial charge on any atom is 0.228 e. The van der Waals surface area contributed by atoms with Gasteiger partial charge in [-0.05, 0) is 45.1 Å². The Hall–Kier alpha value is -0.570. The molecule has 2 fully saturated rings. The van der Waals surface area contributed by atoms with Crippen molar-refractivity contribution in [3.63, 3.8) is 0 Å². The number of piperidine rings is 1. The van der Waals surface area contributed by atoms with E-state index in [1.165, 1.54) is 19.3 Å². The van der Waals surface area contributed by atoms with Gasteiger partial charge in [0.1, 0.15) is 0 Å². The van der Waals surface area contributed by atoms with Crippen molar-refractivity contribution in [3.05, 3.63) is 0 Å². The molecule has 2 rings (SSSR count). The number of hydrogen-bond acceptors (Lipinski definition) is 2. The molecule has 0 aromatic carbocycles. The van der Waals surface area contributed by atoms with Gasteiger partial charge in [-0.1, -0.05) is 26.7 Å². The number of rotatable bonds is 4. The summed E-state index contributed by atoms with van der Waals surface area (Å²) in [5.41, 5.74) is -0.0240. The van der Waals surface area contributed by atoms with Crippen LogP contribution in [-0.4, -0.2) is 37.0 Å². The molecule has 1 heterocycles. The van der Waals surface area contributed by atoms with Crippen LogP contribution in [0.5, 0.6) is 0 Å². The summed E-state index contributed by atoms with van der Waals surface area (Å²) in [6.45, 7) is 6.38. The zero-order valence-electron chi connectivity index (χ0n) is 12.9. The van der Waals surface area contributed by atoms with Crippen LogP contribution in [0.1, 0.15) is 58.8 Å². The van der Waals surface area contributed by atoms with Crippen molar-refractivity contribution in [2.24, 2.45) is 11.3 Å². The standard InChI is InChI=1S/C16H30N2O/c1-13(2)11-16(8-4-5-9-16)15(19)18-10-6-7-14(12-18)17-3/h13-14,17H,4-12H2,1-3H3. The van der Waals surface area contributed by atoms with E-state index in [1.807, 2.05) is 7.05 Å². The third kappa shape index (κ3) is 3.31. The third-order valence-electron chi connectivity index (χ3n) is 4.93. The largest absolute Gasteiger partial charge is 0.341 e. The fourth-order valence-electron chi connectivity index (χ4n) is 4.07. The molecule has 1 saturated carbocycles. The molecule has 110 valence electrons. The predicted octanol–water partition coefficient (Wildman–Crippen LogP) is 2.80. The van der Waals surface area contributed by atoms with Crippen molar-refractivity contribution in [2.75, 3.05) is 20.1 Å². The highest BCUT2D eigenvalue weighted by Gasteiger charge is 2.44. The monoisotopic (exact) mass is 266 g/mol. The van der Waals surface area contributed by atoms with E-state index in [0.29, 0.717) is 17.9 Å². The molecule has 0 bridgehead atoms. The van der Waals surface area contributed by atoms with Crippen LogP contribution in [-0.2, 0) is 4.79 Å². The van der Waals surface area contributed by atoms with Gasteiger partial charge in [-0.25, -0.2) is 0 Å². The second kappa shape index (κ2) is 6.25. The molecule has 1 aliphatic heterocycles. The van der Waals surface area contributed by atoms with E-state index in [2.05, 4.69) is 24.1 Å². The Morgan fingerprint density at radius 3 is 2.58 bits per heavy atom. The molecule has 1 saturated heterocycles. The minimum atomic E-state index is -0.0240. The van der Waals surface area contributed by atoms with Crippen LogP contribution in [0.4, 0.5) is 0 Å². The highest BCUT2D eigenvalue weighted by Crippen LogP contribution is 2.45. The molecule has 1 amide bonds. The SMILES string of the molecule is CNC1CCCN(C(=O)C2(CC(C)C)CCCC2)C1. The van der Waals surface area contributed by atoms with Crippen molar-refractivity contribution < 1.29 is 4.79 Å². The fraction of sp³-hybridized carbons (Fsp3) is 0.938. The summed E-state index contributed by atoms with van der Waals surface area (Å²) < 4.78 is 0. The normalized spacial score (nSPS) is 26.9. The average Bonchev–Trinajstić information content (AvgIpc) is 2.86. The lowest BCUT2D eigenvalue weighted by atomic mass is 9.77. The zero-order chi connectivity index (χ0) is 13.9. The van der Waals surface area contributed by atoms with Gasteiger partial charge >= 0.3 is 0 Å². The number of amides is 1. The molecule has 1 unspecified atom stereocenters. The van der Waals surface area contributed by atoms with E-state index in [4.69, 9.17) is 0 Å². The first kappa shape index (κ1) is 14.8. The Balaban J connectivity index is 2.06. The van der Waals surface area contributed by atoms with Crippen LogP contribution in [0.25, 0.3) is 0 Å². The lowest BCUT2D eigenvalue weighted by Crippen LogP contribution is -2.51. The molecule has 0 radical (unpaired) electrons. The Morgan fingerprint density at radius 1 is 1.32 bits per heavy atom. The van der Waals surface area contributed by atoms with Crippen LogP contribution in [0.3, 0.4) is 0 Å². The second-order valence-corrected chi connectivity index (χ2v) is 6.96. The van der Waals surface area contributed by atoms with E-state index >= 15 is 0 Å². The third-order valence-corrected chi connectivity index (χ3v) is 4.93. The van der Waals surface area contributed by atoms with E-state index in [9.17, 15) is 4.79 Å². The van der Waals surface area contributed by atoms with Gasteiger partial charge in [-0.2, -0.15) is 0 Å². The maximum absolute atomic E-state index is 13.0. The van der Waals surface area contributed by atoms with E-state index in [-0.39, 0.29) is 5.41 Å². The highest BCUT2D eigenvalue weighted by atomic mass is 16.2. The number of nitrogens with zero attached hydrogens (tertiary/aromatic N) is 1. The van der Waals surface area contributed by atoms with Crippen molar-refractivity contribution in [1.29, 1.82) is 0 Å². The number of likely N-dealkylation sites (N-methyl/N-ethyl adjacent to an activating group) is 1. The second-order valence-electron chi connectivity index (χ2n) is 6.96. The summed E-state index contributed by atoms with van der Waals surface area (Å²) in [5.74, 6) is 1.07. The number of carbonyl (C=O) groups excluding carboxylic acids is 1. The summed E-state index contributed by atoms with van der Waals surface area (Å²) >= 11 is 0. The number of hydrogen-bond donors (Lipinski definition) is 1. The molecule has 0 aromatic rings. The molecule has 19 heavy (non-hydrogen) atoms. The Labute approximate surface area is 118 Å². The lowest BCUT2D eigenvalue weighted by molar-refractivity contribution is -0.144. The molecular formula is C16H30N2O. The first-order chi connectivity index (χ1) is 9.07. The summed E-state index contributed by atoms with van der Waals surface area (Å²) in [6.07, 6.45) is 8.14. The molecular weight excluding hydrogens is 236 g/mol. The topological polar surface area (TPSA) is 32.3 Å². The minimum Gasteiger partial charge on any atom is -0.341 e. The first-order valence-corrected chi connectivity index (χ1v) is 8.04. The summed E-state index contributed by atoms with van der Waals surface area (Å²) in [4.78, 5) is 15.2. The Bertz CT molecular complexity index is 308. The van der Waals surface area contributed by atoms with Gasteiger partial charge in [0.15, 0.2) is 0 Å². The van der Waals surface area contributed by atoms with Gasteiger partial charge in [0.2, 0.25) is 5.91 Å². The molecule has 2 aliphatic rings. The van der Waals surface area contributed by atoms with Gasteiger partial charge in [0.25, 0.3) is 0 Å². The lowest BCUT2D eigenvalue weighted by Gasteiger charge is -2.39. The first-order valence-electron chi connectivity index (χ1n) is 8.04. The van der Waals surface area contributed by atoms with Crippen LogP contribution in [0, 0.1) is 11.3 Å². The van der Waals surface area contributed by atoms with Crippen molar-refractivity contribution >= 4 is 5.91 Å². The van der Waals surface area contributed by atoms with Gasteiger partial charge in [-0.3, -0.25) is 4.79 Å². The minimum absolute atomic E-state index is 0.0240. The summed E-state index contributed by atoms with van der Waals surface area (Å²) in [6, 6.07) is 0.496. The van der Waals surface area contributed by atoms with Crippen molar-refractivity contribution in [1.82, 2.24) is 10.2 Å². The molecule has 1 N–H and O–H groups in total. The molecule has 1 atom stereocenters. The number of carbonyl (C=O) groups is 1. The fourth-order valence-corrected chi connectivity index (χ4v) is 4.07. The van der Waals surface area contributed by atoms with Crippen LogP contribution in [0.15, 0.2) is 0 Å². The highest BCUT2D eigenvalue weighted by molar-refractivity contribution is 5.83. The number of nitrogens with one attached hydrogen (secondary N) is 1. The molecule has 1 aliphatic carbocycles. The molecule has 0 spiro atoms.